The highest BCUT2D eigenvalue weighted by Gasteiger charge is 2.37. The molecule has 1 saturated heterocycles. The van der Waals surface area contributed by atoms with Gasteiger partial charge in [-0.3, -0.25) is 5.32 Å². The van der Waals surface area contributed by atoms with Gasteiger partial charge in [0.05, 0.1) is 17.8 Å². The van der Waals surface area contributed by atoms with Gasteiger partial charge in [0.2, 0.25) is 11.9 Å². The van der Waals surface area contributed by atoms with Crippen LogP contribution >= 0.6 is 0 Å². The Morgan fingerprint density at radius 2 is 1.95 bits per heavy atom. The Balaban J connectivity index is 1.42. The summed E-state index contributed by atoms with van der Waals surface area (Å²) < 4.78 is 27.0. The highest BCUT2D eigenvalue weighted by atomic mass is 19.1. The summed E-state index contributed by atoms with van der Waals surface area (Å²) in [6.07, 6.45) is 5.26. The van der Waals surface area contributed by atoms with Crippen LogP contribution in [0.1, 0.15) is 30.1 Å². The first kappa shape index (κ1) is 27.2. The van der Waals surface area contributed by atoms with E-state index in [9.17, 15) is 9.18 Å². The number of carbonyl (C=O) groups excluding carboxylic acids is 1. The van der Waals surface area contributed by atoms with Crippen molar-refractivity contribution in [3.05, 3.63) is 78.1 Å². The van der Waals surface area contributed by atoms with Gasteiger partial charge >= 0.3 is 6.03 Å². The van der Waals surface area contributed by atoms with Crippen LogP contribution in [0.4, 0.5) is 21.0 Å². The zero-order valence-electron chi connectivity index (χ0n) is 22.5. The molecule has 208 valence electrons. The van der Waals surface area contributed by atoms with Gasteiger partial charge in [0, 0.05) is 50.5 Å². The van der Waals surface area contributed by atoms with E-state index in [4.69, 9.17) is 14.6 Å². The fourth-order valence-corrected chi connectivity index (χ4v) is 4.80. The van der Waals surface area contributed by atoms with E-state index in [1.807, 2.05) is 37.3 Å². The second-order valence-electron chi connectivity index (χ2n) is 9.43. The Hall–Kier alpha value is -4.42. The zero-order valence-corrected chi connectivity index (χ0v) is 22.5. The standard InChI is InChI=1S/C28H31FN8O3/c1-17-24(19-15-32-27(30-2)33-16-19)36-37(20-7-5-4-6-8-20)26(17)35-28(38)34-22-14-21(10-12-39-3)40-25(22)18-9-11-31-23(29)13-18/h4-9,11,13,15-16,21-22,25H,10,12,14H2,1-3H3,(H,30,32,33)(H2,34,35,38)/t21-,22-,25+/m1/s1. The maximum Gasteiger partial charge on any atom is 0.320 e. The third kappa shape index (κ3) is 5.92. The molecule has 0 radical (unpaired) electrons. The minimum Gasteiger partial charge on any atom is -0.385 e. The fraction of sp³-hybridized carbons (Fsp3) is 0.321. The van der Waals surface area contributed by atoms with E-state index in [0.717, 1.165) is 11.3 Å². The predicted molar refractivity (Wildman–Crippen MR) is 148 cm³/mol. The van der Waals surface area contributed by atoms with Gasteiger partial charge in [-0.1, -0.05) is 18.2 Å². The van der Waals surface area contributed by atoms with Gasteiger partial charge in [0.25, 0.3) is 0 Å². The Morgan fingerprint density at radius 3 is 2.65 bits per heavy atom. The second-order valence-corrected chi connectivity index (χ2v) is 9.43. The van der Waals surface area contributed by atoms with E-state index in [-0.39, 0.29) is 6.10 Å². The summed E-state index contributed by atoms with van der Waals surface area (Å²) in [5, 5.41) is 13.7. The summed E-state index contributed by atoms with van der Waals surface area (Å²) in [6.45, 7) is 2.39. The van der Waals surface area contributed by atoms with E-state index in [2.05, 4.69) is 30.9 Å². The Kier molecular flexibility index (Phi) is 8.27. The molecule has 1 aromatic carbocycles. The van der Waals surface area contributed by atoms with Crippen LogP contribution in [0.2, 0.25) is 0 Å². The molecule has 0 unspecified atom stereocenters. The molecule has 2 amide bonds. The molecular weight excluding hydrogens is 515 g/mol. The van der Waals surface area contributed by atoms with E-state index in [0.29, 0.717) is 48.0 Å². The second kappa shape index (κ2) is 12.2. The number of benzene rings is 1. The summed E-state index contributed by atoms with van der Waals surface area (Å²) in [5.41, 5.74) is 3.47. The molecule has 3 atom stereocenters. The van der Waals surface area contributed by atoms with Crippen LogP contribution < -0.4 is 16.0 Å². The van der Waals surface area contributed by atoms with Gasteiger partial charge < -0.3 is 20.1 Å². The highest BCUT2D eigenvalue weighted by molar-refractivity contribution is 5.91. The van der Waals surface area contributed by atoms with Crippen LogP contribution in [-0.2, 0) is 9.47 Å². The van der Waals surface area contributed by atoms with E-state index < -0.39 is 24.1 Å². The molecule has 4 heterocycles. The molecule has 1 aliphatic heterocycles. The maximum absolute atomic E-state index is 13.9. The van der Waals surface area contributed by atoms with Crippen LogP contribution in [0.5, 0.6) is 0 Å². The predicted octanol–water partition coefficient (Wildman–Crippen LogP) is 4.27. The average molecular weight is 547 g/mol. The lowest BCUT2D eigenvalue weighted by atomic mass is 10.0. The largest absolute Gasteiger partial charge is 0.385 e. The minimum atomic E-state index is -0.605. The van der Waals surface area contributed by atoms with Crippen molar-refractivity contribution >= 4 is 17.8 Å². The number of ether oxygens (including phenoxy) is 2. The van der Waals surface area contributed by atoms with Crippen molar-refractivity contribution in [3.8, 4) is 16.9 Å². The number of nitrogens with one attached hydrogen (secondary N) is 3. The van der Waals surface area contributed by atoms with Gasteiger partial charge in [-0.2, -0.15) is 9.49 Å². The lowest BCUT2D eigenvalue weighted by molar-refractivity contribution is 0.0210. The number of hydrogen-bond acceptors (Lipinski definition) is 8. The van der Waals surface area contributed by atoms with Gasteiger partial charge in [0.1, 0.15) is 17.6 Å². The third-order valence-electron chi connectivity index (χ3n) is 6.76. The monoisotopic (exact) mass is 546 g/mol. The summed E-state index contributed by atoms with van der Waals surface area (Å²) in [6, 6.07) is 11.7. The molecule has 11 nitrogen and oxygen atoms in total. The summed E-state index contributed by atoms with van der Waals surface area (Å²) in [4.78, 5) is 25.7. The number of pyridine rings is 1. The molecule has 5 rings (SSSR count). The summed E-state index contributed by atoms with van der Waals surface area (Å²) in [7, 11) is 3.37. The number of anilines is 2. The summed E-state index contributed by atoms with van der Waals surface area (Å²) >= 11 is 0. The molecule has 0 spiro atoms. The van der Waals surface area contributed by atoms with Crippen molar-refractivity contribution < 1.29 is 18.7 Å². The van der Waals surface area contributed by atoms with Gasteiger partial charge in [-0.15, -0.1) is 0 Å². The van der Waals surface area contributed by atoms with Crippen LogP contribution in [0.15, 0.2) is 61.1 Å². The van der Waals surface area contributed by atoms with Gasteiger partial charge in [-0.25, -0.2) is 24.4 Å². The fourth-order valence-electron chi connectivity index (χ4n) is 4.80. The molecule has 4 aromatic rings. The van der Waals surface area contributed by atoms with Crippen molar-refractivity contribution in [1.82, 2.24) is 30.0 Å². The molecule has 0 bridgehead atoms. The molecule has 12 heteroatoms. The lowest BCUT2D eigenvalue weighted by Crippen LogP contribution is -2.40. The number of para-hydroxylation sites is 1. The molecular formula is C28H31FN8O3. The number of rotatable bonds is 9. The number of hydrogen-bond donors (Lipinski definition) is 3. The topological polar surface area (TPSA) is 128 Å². The number of urea groups is 1. The number of amides is 2. The van der Waals surface area contributed by atoms with Crippen molar-refractivity contribution in [1.29, 1.82) is 0 Å². The first-order valence-electron chi connectivity index (χ1n) is 13.0. The smallest absolute Gasteiger partial charge is 0.320 e. The quantitative estimate of drug-likeness (QED) is 0.266. The van der Waals surface area contributed by atoms with Crippen LogP contribution in [0, 0.1) is 12.9 Å². The van der Waals surface area contributed by atoms with E-state index in [1.165, 1.54) is 12.3 Å². The van der Waals surface area contributed by atoms with Gasteiger partial charge in [-0.05, 0) is 49.6 Å². The van der Waals surface area contributed by atoms with Gasteiger partial charge in [0.15, 0.2) is 0 Å². The third-order valence-corrected chi connectivity index (χ3v) is 6.76. The number of nitrogens with zero attached hydrogens (tertiary/aromatic N) is 5. The molecule has 40 heavy (non-hydrogen) atoms. The number of halogens is 1. The molecule has 3 aromatic heterocycles. The molecule has 0 aliphatic carbocycles. The van der Waals surface area contributed by atoms with Crippen molar-refractivity contribution in [2.75, 3.05) is 31.4 Å². The SMILES string of the molecule is CNc1ncc(-c2nn(-c3ccccc3)c(NC(=O)N[C@@H]3C[C@@H](CCOC)O[C@H]3c3ccnc(F)c3)c2C)cn1. The Labute approximate surface area is 231 Å². The molecule has 0 saturated carbocycles. The number of carbonyl (C=O) groups is 1. The number of aromatic nitrogens is 5. The first-order valence-corrected chi connectivity index (χ1v) is 13.0. The van der Waals surface area contributed by atoms with Crippen molar-refractivity contribution in [2.45, 2.75) is 38.0 Å². The average Bonchev–Trinajstić information content (AvgIpc) is 3.52. The summed E-state index contributed by atoms with van der Waals surface area (Å²) in [5.74, 6) is 0.386. The van der Waals surface area contributed by atoms with Crippen LogP contribution in [0.25, 0.3) is 16.9 Å². The maximum atomic E-state index is 13.9. The normalized spacial score (nSPS) is 18.4. The minimum absolute atomic E-state index is 0.157. The Morgan fingerprint density at radius 1 is 1.18 bits per heavy atom. The lowest BCUT2D eigenvalue weighted by Gasteiger charge is -2.21. The first-order chi connectivity index (χ1) is 19.5. The van der Waals surface area contributed by atoms with E-state index >= 15 is 0 Å². The zero-order chi connectivity index (χ0) is 28.1. The van der Waals surface area contributed by atoms with Crippen LogP contribution in [0.3, 0.4) is 0 Å². The van der Waals surface area contributed by atoms with E-state index in [1.54, 1.807) is 37.3 Å². The number of methoxy groups -OCH3 is 1. The van der Waals surface area contributed by atoms with Crippen molar-refractivity contribution in [2.24, 2.45) is 0 Å². The van der Waals surface area contributed by atoms with Crippen molar-refractivity contribution in [3.63, 3.8) is 0 Å². The Bertz CT molecular complexity index is 1450. The molecule has 3 N–H and O–H groups in total. The van der Waals surface area contributed by atoms with Crippen LogP contribution in [-0.4, -0.2) is 63.7 Å². The highest BCUT2D eigenvalue weighted by Crippen LogP contribution is 2.35. The molecule has 1 fully saturated rings. The molecule has 1 aliphatic rings.